The molecule has 0 aliphatic heterocycles. The third-order valence-electron chi connectivity index (χ3n) is 3.26. The molecule has 1 unspecified atom stereocenters. The Kier molecular flexibility index (Phi) is 5.67. The number of rotatable bonds is 8. The van der Waals surface area contributed by atoms with Crippen molar-refractivity contribution < 1.29 is 0 Å². The first-order chi connectivity index (χ1) is 9.81. The van der Waals surface area contributed by atoms with Gasteiger partial charge in [-0.15, -0.1) is 5.10 Å². The van der Waals surface area contributed by atoms with Crippen LogP contribution >= 0.6 is 11.5 Å². The molecular weight excluding hydrogens is 270 g/mol. The molecule has 2 rings (SSSR count). The van der Waals surface area contributed by atoms with Gasteiger partial charge in [-0.05, 0) is 43.4 Å². The van der Waals surface area contributed by atoms with Gasteiger partial charge in [0.1, 0.15) is 0 Å². The minimum absolute atomic E-state index is 0.152. The molecule has 5 nitrogen and oxygen atoms in total. The standard InChI is InChI=1S/C14H23N5S/c1-4-8-15-13(14-11(6-3)17-18-20-14)12-7-9-16-19(12)10-5-2/h7,9,13,15H,4-6,8,10H2,1-3H3. The lowest BCUT2D eigenvalue weighted by atomic mass is 10.1. The zero-order chi connectivity index (χ0) is 14.4. The van der Waals surface area contributed by atoms with Gasteiger partial charge in [-0.3, -0.25) is 4.68 Å². The summed E-state index contributed by atoms with van der Waals surface area (Å²) in [7, 11) is 0. The number of hydrogen-bond donors (Lipinski definition) is 1. The number of hydrogen-bond acceptors (Lipinski definition) is 5. The summed E-state index contributed by atoms with van der Waals surface area (Å²) in [5, 5.41) is 12.3. The average Bonchev–Trinajstić information content (AvgIpc) is 3.09. The lowest BCUT2D eigenvalue weighted by molar-refractivity contribution is 0.513. The van der Waals surface area contributed by atoms with E-state index in [1.54, 1.807) is 0 Å². The Morgan fingerprint density at radius 2 is 2.15 bits per heavy atom. The Morgan fingerprint density at radius 1 is 1.30 bits per heavy atom. The molecule has 0 spiro atoms. The van der Waals surface area contributed by atoms with E-state index >= 15 is 0 Å². The first-order valence-corrected chi connectivity index (χ1v) is 8.15. The van der Waals surface area contributed by atoms with E-state index < -0.39 is 0 Å². The summed E-state index contributed by atoms with van der Waals surface area (Å²) in [5.41, 5.74) is 2.30. The van der Waals surface area contributed by atoms with Crippen LogP contribution in [-0.4, -0.2) is 25.9 Å². The lowest BCUT2D eigenvalue weighted by Gasteiger charge is -2.19. The minimum Gasteiger partial charge on any atom is -0.304 e. The van der Waals surface area contributed by atoms with Crippen LogP contribution in [0.5, 0.6) is 0 Å². The average molecular weight is 293 g/mol. The summed E-state index contributed by atoms with van der Waals surface area (Å²) < 4.78 is 6.22. The van der Waals surface area contributed by atoms with E-state index in [0.29, 0.717) is 0 Å². The first kappa shape index (κ1) is 15.1. The predicted molar refractivity (Wildman–Crippen MR) is 81.9 cm³/mol. The van der Waals surface area contributed by atoms with Crippen LogP contribution in [0.3, 0.4) is 0 Å². The van der Waals surface area contributed by atoms with Crippen molar-refractivity contribution in [2.24, 2.45) is 0 Å². The van der Waals surface area contributed by atoms with Gasteiger partial charge in [0.2, 0.25) is 0 Å². The maximum atomic E-state index is 4.44. The maximum absolute atomic E-state index is 4.44. The van der Waals surface area contributed by atoms with Crippen molar-refractivity contribution in [1.82, 2.24) is 24.7 Å². The molecule has 20 heavy (non-hydrogen) atoms. The van der Waals surface area contributed by atoms with E-state index in [9.17, 15) is 0 Å². The highest BCUT2D eigenvalue weighted by Crippen LogP contribution is 2.27. The van der Waals surface area contributed by atoms with Gasteiger partial charge in [0.05, 0.1) is 22.3 Å². The van der Waals surface area contributed by atoms with Crippen molar-refractivity contribution in [2.75, 3.05) is 6.54 Å². The summed E-state index contributed by atoms with van der Waals surface area (Å²) in [4.78, 5) is 1.22. The summed E-state index contributed by atoms with van der Waals surface area (Å²) >= 11 is 1.49. The van der Waals surface area contributed by atoms with E-state index in [4.69, 9.17) is 0 Å². The molecule has 2 heterocycles. The number of aryl methyl sites for hydroxylation is 2. The topological polar surface area (TPSA) is 55.6 Å². The Labute approximate surface area is 124 Å². The molecule has 1 atom stereocenters. The van der Waals surface area contributed by atoms with Gasteiger partial charge in [0.25, 0.3) is 0 Å². The molecule has 2 aromatic rings. The van der Waals surface area contributed by atoms with E-state index in [1.807, 2.05) is 6.20 Å². The molecule has 0 fully saturated rings. The molecule has 0 radical (unpaired) electrons. The van der Waals surface area contributed by atoms with Crippen LogP contribution in [-0.2, 0) is 13.0 Å². The second kappa shape index (κ2) is 7.50. The van der Waals surface area contributed by atoms with Crippen molar-refractivity contribution in [3.05, 3.63) is 28.5 Å². The quantitative estimate of drug-likeness (QED) is 0.813. The van der Waals surface area contributed by atoms with Gasteiger partial charge in [0, 0.05) is 12.7 Å². The van der Waals surface area contributed by atoms with E-state index in [0.717, 1.165) is 38.0 Å². The normalized spacial score (nSPS) is 12.8. The van der Waals surface area contributed by atoms with Crippen molar-refractivity contribution in [1.29, 1.82) is 0 Å². The van der Waals surface area contributed by atoms with Crippen molar-refractivity contribution in [3.63, 3.8) is 0 Å². The van der Waals surface area contributed by atoms with Crippen LogP contribution < -0.4 is 5.32 Å². The zero-order valence-electron chi connectivity index (χ0n) is 12.5. The van der Waals surface area contributed by atoms with Crippen molar-refractivity contribution in [3.8, 4) is 0 Å². The summed E-state index contributed by atoms with van der Waals surface area (Å²) in [6.45, 7) is 8.40. The van der Waals surface area contributed by atoms with E-state index in [-0.39, 0.29) is 6.04 Å². The first-order valence-electron chi connectivity index (χ1n) is 7.37. The molecule has 0 bridgehead atoms. The maximum Gasteiger partial charge on any atom is 0.0877 e. The van der Waals surface area contributed by atoms with E-state index in [2.05, 4.69) is 51.5 Å². The second-order valence-corrected chi connectivity index (χ2v) is 5.59. The van der Waals surface area contributed by atoms with Gasteiger partial charge in [-0.1, -0.05) is 25.3 Å². The van der Waals surface area contributed by atoms with Gasteiger partial charge >= 0.3 is 0 Å². The Balaban J connectivity index is 2.34. The zero-order valence-corrected chi connectivity index (χ0v) is 13.3. The van der Waals surface area contributed by atoms with Crippen LogP contribution in [0, 0.1) is 0 Å². The van der Waals surface area contributed by atoms with Crippen molar-refractivity contribution in [2.45, 2.75) is 52.6 Å². The SMILES string of the molecule is CCCNC(c1snnc1CC)c1ccnn1CCC. The number of aromatic nitrogens is 4. The fourth-order valence-electron chi connectivity index (χ4n) is 2.29. The van der Waals surface area contributed by atoms with Gasteiger partial charge in [-0.2, -0.15) is 5.10 Å². The molecular formula is C14H23N5S. The third kappa shape index (κ3) is 3.24. The molecule has 0 saturated carbocycles. The van der Waals surface area contributed by atoms with Crippen LogP contribution in [0.15, 0.2) is 12.3 Å². The highest BCUT2D eigenvalue weighted by atomic mass is 32.1. The fourth-order valence-corrected chi connectivity index (χ4v) is 3.11. The molecule has 0 aliphatic rings. The van der Waals surface area contributed by atoms with Crippen LogP contribution in [0.4, 0.5) is 0 Å². The van der Waals surface area contributed by atoms with Crippen LogP contribution in [0.2, 0.25) is 0 Å². The molecule has 0 amide bonds. The van der Waals surface area contributed by atoms with Crippen molar-refractivity contribution >= 4 is 11.5 Å². The summed E-state index contributed by atoms with van der Waals surface area (Å²) in [6.07, 6.45) is 4.98. The molecule has 2 aromatic heterocycles. The number of nitrogens with zero attached hydrogens (tertiary/aromatic N) is 4. The molecule has 0 aliphatic carbocycles. The summed E-state index contributed by atoms with van der Waals surface area (Å²) in [6, 6.07) is 2.25. The third-order valence-corrected chi connectivity index (χ3v) is 4.09. The Hall–Kier alpha value is -1.27. The minimum atomic E-state index is 0.152. The number of nitrogens with one attached hydrogen (secondary N) is 1. The summed E-state index contributed by atoms with van der Waals surface area (Å²) in [5.74, 6) is 0. The van der Waals surface area contributed by atoms with E-state index in [1.165, 1.54) is 22.1 Å². The largest absolute Gasteiger partial charge is 0.304 e. The Bertz CT molecular complexity index is 519. The van der Waals surface area contributed by atoms with Gasteiger partial charge in [0.15, 0.2) is 0 Å². The molecule has 6 heteroatoms. The highest BCUT2D eigenvalue weighted by Gasteiger charge is 2.22. The Morgan fingerprint density at radius 3 is 2.85 bits per heavy atom. The van der Waals surface area contributed by atoms with Crippen LogP contribution in [0.25, 0.3) is 0 Å². The second-order valence-electron chi connectivity index (χ2n) is 4.80. The molecule has 0 aromatic carbocycles. The van der Waals surface area contributed by atoms with Gasteiger partial charge in [-0.25, -0.2) is 0 Å². The molecule has 1 N–H and O–H groups in total. The monoisotopic (exact) mass is 293 g/mol. The fraction of sp³-hybridized carbons (Fsp3) is 0.643. The predicted octanol–water partition coefficient (Wildman–Crippen LogP) is 2.80. The van der Waals surface area contributed by atoms with Crippen LogP contribution in [0.1, 0.15) is 55.9 Å². The molecule has 0 saturated heterocycles. The molecule has 110 valence electrons. The van der Waals surface area contributed by atoms with Gasteiger partial charge < -0.3 is 5.32 Å². The lowest BCUT2D eigenvalue weighted by Crippen LogP contribution is -2.26. The highest BCUT2D eigenvalue weighted by molar-refractivity contribution is 7.05. The smallest absolute Gasteiger partial charge is 0.0877 e.